The van der Waals surface area contributed by atoms with Gasteiger partial charge in [-0.05, 0) is 42.5 Å². The number of hydrogen-bond acceptors (Lipinski definition) is 5. The van der Waals surface area contributed by atoms with Crippen molar-refractivity contribution < 1.29 is 29.0 Å². The minimum Gasteiger partial charge on any atom is -0.481 e. The number of ether oxygens (including phenoxy) is 2. The Labute approximate surface area is 198 Å². The molecule has 2 aromatic rings. The van der Waals surface area contributed by atoms with Crippen LogP contribution in [-0.4, -0.2) is 54.5 Å². The third-order valence-corrected chi connectivity index (χ3v) is 6.32. The van der Waals surface area contributed by atoms with E-state index in [9.17, 15) is 14.4 Å². The van der Waals surface area contributed by atoms with Crippen molar-refractivity contribution in [2.75, 3.05) is 19.8 Å². The largest absolute Gasteiger partial charge is 0.481 e. The zero-order valence-electron chi connectivity index (χ0n) is 19.4. The highest BCUT2D eigenvalue weighted by Gasteiger charge is 2.34. The van der Waals surface area contributed by atoms with Gasteiger partial charge in [-0.25, -0.2) is 4.79 Å². The lowest BCUT2D eigenvalue weighted by Crippen LogP contribution is -2.47. The van der Waals surface area contributed by atoms with E-state index in [1.807, 2.05) is 24.3 Å². The molecule has 2 atom stereocenters. The summed E-state index contributed by atoms with van der Waals surface area (Å²) in [6.45, 7) is 4.04. The zero-order valence-corrected chi connectivity index (χ0v) is 19.4. The van der Waals surface area contributed by atoms with Gasteiger partial charge >= 0.3 is 12.1 Å². The Kier molecular flexibility index (Phi) is 6.88. The Morgan fingerprint density at radius 3 is 2.29 bits per heavy atom. The number of fused-ring (bicyclic) bond motifs is 3. The molecule has 2 unspecified atom stereocenters. The normalized spacial score (nSPS) is 19.2. The number of rotatable bonds is 8. The maximum atomic E-state index is 12.5. The second-order valence-electron chi connectivity index (χ2n) is 9.54. The van der Waals surface area contributed by atoms with Crippen molar-refractivity contribution >= 4 is 18.0 Å². The van der Waals surface area contributed by atoms with Crippen molar-refractivity contribution in [3.63, 3.8) is 0 Å². The van der Waals surface area contributed by atoms with Crippen LogP contribution >= 0.6 is 0 Å². The highest BCUT2D eigenvalue weighted by Crippen LogP contribution is 2.44. The Balaban J connectivity index is 1.24. The molecule has 2 aromatic carbocycles. The molecule has 8 nitrogen and oxygen atoms in total. The second-order valence-corrected chi connectivity index (χ2v) is 9.54. The van der Waals surface area contributed by atoms with Crippen molar-refractivity contribution in [2.45, 2.75) is 44.2 Å². The second kappa shape index (κ2) is 9.85. The number of amides is 2. The van der Waals surface area contributed by atoms with Crippen molar-refractivity contribution in [1.29, 1.82) is 0 Å². The van der Waals surface area contributed by atoms with Gasteiger partial charge in [0, 0.05) is 18.0 Å². The number of carbonyl (C=O) groups is 3. The van der Waals surface area contributed by atoms with Crippen molar-refractivity contribution in [3.05, 3.63) is 59.7 Å². The topological polar surface area (TPSA) is 114 Å². The Bertz CT molecular complexity index is 1040. The van der Waals surface area contributed by atoms with Gasteiger partial charge in [-0.3, -0.25) is 9.59 Å². The number of benzene rings is 2. The summed E-state index contributed by atoms with van der Waals surface area (Å²) in [5.74, 6) is -1.61. The molecule has 0 aromatic heterocycles. The first-order chi connectivity index (χ1) is 16.2. The van der Waals surface area contributed by atoms with Gasteiger partial charge in [0.05, 0.1) is 25.0 Å². The predicted molar refractivity (Wildman–Crippen MR) is 125 cm³/mol. The van der Waals surface area contributed by atoms with E-state index in [0.29, 0.717) is 6.42 Å². The highest BCUT2D eigenvalue weighted by molar-refractivity contribution is 5.81. The smallest absolute Gasteiger partial charge is 0.407 e. The average Bonchev–Trinajstić information content (AvgIpc) is 3.38. The molecule has 0 spiro atoms. The fourth-order valence-corrected chi connectivity index (χ4v) is 4.74. The lowest BCUT2D eigenvalue weighted by Gasteiger charge is -2.25. The average molecular weight is 467 g/mol. The van der Waals surface area contributed by atoms with Gasteiger partial charge in [-0.2, -0.15) is 0 Å². The standard InChI is InChI=1S/C26H30N2O6/c1-26(2,12-23(29)30)28-24(31)16-11-17(33-14-16)13-27-25(32)34-15-22-20-9-5-3-7-18(20)19-8-4-6-10-21(19)22/h3-10,16-17,22H,11-15H2,1-2H3,(H,27,32)(H,28,31)(H,29,30). The molecule has 1 aliphatic heterocycles. The fourth-order valence-electron chi connectivity index (χ4n) is 4.74. The van der Waals surface area contributed by atoms with Crippen molar-refractivity contribution in [1.82, 2.24) is 10.6 Å². The molecule has 1 aliphatic carbocycles. The van der Waals surface area contributed by atoms with Gasteiger partial charge in [0.1, 0.15) is 6.61 Å². The van der Waals surface area contributed by atoms with Gasteiger partial charge in [-0.15, -0.1) is 0 Å². The number of hydrogen-bond donors (Lipinski definition) is 3. The Hall–Kier alpha value is -3.39. The molecular weight excluding hydrogens is 436 g/mol. The van der Waals surface area contributed by atoms with E-state index in [2.05, 4.69) is 34.9 Å². The summed E-state index contributed by atoms with van der Waals surface area (Å²) in [5, 5.41) is 14.5. The monoisotopic (exact) mass is 466 g/mol. The van der Waals surface area contributed by atoms with E-state index in [-0.39, 0.29) is 50.0 Å². The molecule has 1 fully saturated rings. The quantitative estimate of drug-likeness (QED) is 0.550. The van der Waals surface area contributed by atoms with Crippen LogP contribution in [0.4, 0.5) is 4.79 Å². The Morgan fingerprint density at radius 1 is 1.06 bits per heavy atom. The molecule has 180 valence electrons. The molecule has 3 N–H and O–H groups in total. The molecule has 4 rings (SSSR count). The first-order valence-corrected chi connectivity index (χ1v) is 11.5. The molecule has 0 saturated carbocycles. The highest BCUT2D eigenvalue weighted by atomic mass is 16.5. The number of nitrogens with one attached hydrogen (secondary N) is 2. The van der Waals surface area contributed by atoms with Crippen LogP contribution in [0.3, 0.4) is 0 Å². The summed E-state index contributed by atoms with van der Waals surface area (Å²) in [7, 11) is 0. The van der Waals surface area contributed by atoms with Gasteiger partial charge < -0.3 is 25.2 Å². The van der Waals surface area contributed by atoms with Crippen molar-refractivity contribution in [3.8, 4) is 11.1 Å². The molecule has 0 radical (unpaired) electrons. The number of carboxylic acids is 1. The maximum absolute atomic E-state index is 12.5. The molecule has 2 aliphatic rings. The third-order valence-electron chi connectivity index (χ3n) is 6.32. The molecule has 0 bridgehead atoms. The number of carboxylic acid groups (broad SMARTS) is 1. The summed E-state index contributed by atoms with van der Waals surface area (Å²) < 4.78 is 11.2. The first-order valence-electron chi connectivity index (χ1n) is 11.5. The van der Waals surface area contributed by atoms with Crippen LogP contribution in [0.25, 0.3) is 11.1 Å². The molecular formula is C26H30N2O6. The van der Waals surface area contributed by atoms with E-state index in [1.54, 1.807) is 13.8 Å². The number of carbonyl (C=O) groups excluding carboxylic acids is 2. The van der Waals surface area contributed by atoms with E-state index < -0.39 is 17.6 Å². The minimum absolute atomic E-state index is 0.0110. The van der Waals surface area contributed by atoms with E-state index >= 15 is 0 Å². The first kappa shape index (κ1) is 23.8. The van der Waals surface area contributed by atoms with Crippen molar-refractivity contribution in [2.24, 2.45) is 5.92 Å². The summed E-state index contributed by atoms with van der Waals surface area (Å²) in [5.41, 5.74) is 3.79. The number of aliphatic carboxylic acids is 1. The molecule has 8 heteroatoms. The van der Waals surface area contributed by atoms with Crippen LogP contribution < -0.4 is 10.6 Å². The molecule has 1 heterocycles. The lowest BCUT2D eigenvalue weighted by atomic mass is 9.97. The van der Waals surface area contributed by atoms with E-state index in [1.165, 1.54) is 11.1 Å². The third kappa shape index (κ3) is 5.39. The van der Waals surface area contributed by atoms with Crippen LogP contribution in [0.1, 0.15) is 43.7 Å². The Morgan fingerprint density at radius 2 is 1.68 bits per heavy atom. The number of alkyl carbamates (subject to hydrolysis) is 1. The fraction of sp³-hybridized carbons (Fsp3) is 0.423. The SMILES string of the molecule is CC(C)(CC(=O)O)NC(=O)C1COC(CNC(=O)OCC2c3ccccc3-c3ccccc32)C1. The van der Waals surface area contributed by atoms with Crippen LogP contribution in [0, 0.1) is 5.92 Å². The van der Waals surface area contributed by atoms with Crippen LogP contribution in [0.5, 0.6) is 0 Å². The zero-order chi connectivity index (χ0) is 24.3. The van der Waals surface area contributed by atoms with E-state index in [4.69, 9.17) is 14.6 Å². The van der Waals surface area contributed by atoms with Gasteiger partial charge in [0.15, 0.2) is 0 Å². The summed E-state index contributed by atoms with van der Waals surface area (Å²) in [6, 6.07) is 16.3. The van der Waals surface area contributed by atoms with Gasteiger partial charge in [-0.1, -0.05) is 48.5 Å². The summed E-state index contributed by atoms with van der Waals surface area (Å²) >= 11 is 0. The van der Waals surface area contributed by atoms with Gasteiger partial charge in [0.25, 0.3) is 0 Å². The van der Waals surface area contributed by atoms with Gasteiger partial charge in [0.2, 0.25) is 5.91 Å². The maximum Gasteiger partial charge on any atom is 0.407 e. The molecule has 1 saturated heterocycles. The van der Waals surface area contributed by atoms with Crippen LogP contribution in [0.2, 0.25) is 0 Å². The molecule has 2 amide bonds. The predicted octanol–water partition coefficient (Wildman–Crippen LogP) is 3.30. The van der Waals surface area contributed by atoms with Crippen LogP contribution in [-0.2, 0) is 19.1 Å². The lowest BCUT2D eigenvalue weighted by molar-refractivity contribution is -0.138. The minimum atomic E-state index is -0.974. The van der Waals surface area contributed by atoms with E-state index in [0.717, 1.165) is 11.1 Å². The summed E-state index contributed by atoms with van der Waals surface area (Å²) in [4.78, 5) is 35.8. The summed E-state index contributed by atoms with van der Waals surface area (Å²) in [6.07, 6.45) is -0.558. The molecule has 34 heavy (non-hydrogen) atoms. The van der Waals surface area contributed by atoms with Crippen LogP contribution in [0.15, 0.2) is 48.5 Å².